The van der Waals surface area contributed by atoms with E-state index in [1.165, 1.54) is 36.4 Å². The fraction of sp³-hybridized carbons (Fsp3) is 0.278. The first-order chi connectivity index (χ1) is 12.9. The van der Waals surface area contributed by atoms with Crippen LogP contribution < -0.4 is 13.8 Å². The number of carbonyl (C=O) groups excluding carboxylic acids is 1. The number of benzene rings is 2. The second-order valence-corrected chi connectivity index (χ2v) is 7.44. The predicted octanol–water partition coefficient (Wildman–Crippen LogP) is 2.36. The van der Waals surface area contributed by atoms with E-state index in [1.54, 1.807) is 6.92 Å². The van der Waals surface area contributed by atoms with Crippen molar-refractivity contribution >= 4 is 21.7 Å². The Balaban J connectivity index is 2.04. The van der Waals surface area contributed by atoms with Crippen LogP contribution in [0.2, 0.25) is 0 Å². The second-order valence-electron chi connectivity index (χ2n) is 5.57. The van der Waals surface area contributed by atoms with Crippen molar-refractivity contribution in [3.05, 3.63) is 48.3 Å². The minimum atomic E-state index is -4.27. The van der Waals surface area contributed by atoms with Crippen LogP contribution in [-0.4, -0.2) is 40.8 Å². The number of anilines is 1. The van der Waals surface area contributed by atoms with Crippen molar-refractivity contribution in [3.8, 4) is 11.5 Å². The number of para-hydroxylation sites is 1. The van der Waals surface area contributed by atoms with Crippen molar-refractivity contribution in [1.82, 2.24) is 0 Å². The van der Waals surface area contributed by atoms with E-state index in [2.05, 4.69) is 0 Å². The van der Waals surface area contributed by atoms with E-state index in [-0.39, 0.29) is 29.5 Å². The van der Waals surface area contributed by atoms with Gasteiger partial charge in [-0.15, -0.1) is 0 Å². The molecule has 0 aliphatic carbocycles. The largest absolute Gasteiger partial charge is 0.486 e. The van der Waals surface area contributed by atoms with Crippen molar-refractivity contribution < 1.29 is 31.8 Å². The SMILES string of the molecule is CCOC(=O)CN(c1ccccc1F)S(=O)(=O)c1ccc2c(c1)OCCO2. The summed E-state index contributed by atoms with van der Waals surface area (Å²) in [6, 6.07) is 9.39. The summed E-state index contributed by atoms with van der Waals surface area (Å²) in [7, 11) is -4.27. The Morgan fingerprint density at radius 2 is 1.85 bits per heavy atom. The first-order valence-electron chi connectivity index (χ1n) is 8.26. The Labute approximate surface area is 156 Å². The number of rotatable bonds is 6. The van der Waals surface area contributed by atoms with Gasteiger partial charge in [0, 0.05) is 6.07 Å². The summed E-state index contributed by atoms with van der Waals surface area (Å²) in [5.41, 5.74) is -0.250. The molecule has 2 aromatic rings. The van der Waals surface area contributed by atoms with Crippen LogP contribution >= 0.6 is 0 Å². The highest BCUT2D eigenvalue weighted by atomic mass is 32.2. The lowest BCUT2D eigenvalue weighted by Gasteiger charge is -2.25. The van der Waals surface area contributed by atoms with E-state index >= 15 is 0 Å². The van der Waals surface area contributed by atoms with Crippen molar-refractivity contribution in [2.45, 2.75) is 11.8 Å². The molecule has 0 unspecified atom stereocenters. The smallest absolute Gasteiger partial charge is 0.326 e. The summed E-state index contributed by atoms with van der Waals surface area (Å²) in [6.45, 7) is 1.67. The highest BCUT2D eigenvalue weighted by molar-refractivity contribution is 7.92. The summed E-state index contributed by atoms with van der Waals surface area (Å²) < 4.78 is 57.0. The summed E-state index contributed by atoms with van der Waals surface area (Å²) >= 11 is 0. The van der Waals surface area contributed by atoms with Crippen LogP contribution in [0.3, 0.4) is 0 Å². The van der Waals surface area contributed by atoms with Crippen molar-refractivity contribution in [2.75, 3.05) is 30.7 Å². The number of nitrogens with zero attached hydrogens (tertiary/aromatic N) is 1. The quantitative estimate of drug-likeness (QED) is 0.699. The maximum absolute atomic E-state index is 14.3. The van der Waals surface area contributed by atoms with Gasteiger partial charge in [-0.1, -0.05) is 12.1 Å². The minimum absolute atomic E-state index is 0.0774. The number of ether oxygens (including phenoxy) is 3. The normalized spacial score (nSPS) is 13.1. The Bertz CT molecular complexity index is 947. The molecule has 0 fully saturated rings. The molecule has 1 heterocycles. The molecule has 0 spiro atoms. The maximum atomic E-state index is 14.3. The van der Waals surface area contributed by atoms with E-state index in [4.69, 9.17) is 14.2 Å². The standard InChI is InChI=1S/C18H18FNO6S/c1-2-24-18(21)12-20(15-6-4-3-5-14(15)19)27(22,23)13-7-8-16-17(11-13)26-10-9-25-16/h3-8,11H,2,9-10,12H2,1H3. The Hall–Kier alpha value is -2.81. The third-order valence-corrected chi connectivity index (χ3v) is 5.56. The highest BCUT2D eigenvalue weighted by Crippen LogP contribution is 2.34. The molecular weight excluding hydrogens is 377 g/mol. The molecule has 1 aliphatic rings. The summed E-state index contributed by atoms with van der Waals surface area (Å²) in [5, 5.41) is 0. The lowest BCUT2D eigenvalue weighted by Crippen LogP contribution is -2.37. The van der Waals surface area contributed by atoms with E-state index in [0.29, 0.717) is 16.7 Å². The molecule has 7 nitrogen and oxygen atoms in total. The van der Waals surface area contributed by atoms with Crippen LogP contribution in [0.15, 0.2) is 47.4 Å². The summed E-state index contributed by atoms with van der Waals surface area (Å²) in [4.78, 5) is 11.8. The lowest BCUT2D eigenvalue weighted by molar-refractivity contribution is -0.141. The van der Waals surface area contributed by atoms with Crippen molar-refractivity contribution in [3.63, 3.8) is 0 Å². The van der Waals surface area contributed by atoms with Crippen molar-refractivity contribution in [1.29, 1.82) is 0 Å². The van der Waals surface area contributed by atoms with Gasteiger partial charge in [-0.05, 0) is 31.2 Å². The van der Waals surface area contributed by atoms with E-state index in [0.717, 1.165) is 6.07 Å². The number of halogens is 1. The fourth-order valence-corrected chi connectivity index (χ4v) is 4.02. The Kier molecular flexibility index (Phi) is 5.50. The van der Waals surface area contributed by atoms with Crippen LogP contribution in [0.1, 0.15) is 6.92 Å². The monoisotopic (exact) mass is 395 g/mol. The van der Waals surface area contributed by atoms with E-state index < -0.39 is 28.4 Å². The van der Waals surface area contributed by atoms with Crippen LogP contribution in [0.25, 0.3) is 0 Å². The average molecular weight is 395 g/mol. The van der Waals surface area contributed by atoms with Gasteiger partial charge in [0.2, 0.25) is 0 Å². The molecule has 0 atom stereocenters. The van der Waals surface area contributed by atoms with Gasteiger partial charge >= 0.3 is 5.97 Å². The average Bonchev–Trinajstić information content (AvgIpc) is 2.66. The molecule has 0 saturated carbocycles. The third-order valence-electron chi connectivity index (χ3n) is 3.80. The number of carbonyl (C=O) groups is 1. The molecule has 0 bridgehead atoms. The van der Waals surface area contributed by atoms with Crippen LogP contribution in [0, 0.1) is 5.82 Å². The van der Waals surface area contributed by atoms with Crippen LogP contribution in [-0.2, 0) is 19.6 Å². The predicted molar refractivity (Wildman–Crippen MR) is 95.0 cm³/mol. The molecule has 0 aromatic heterocycles. The van der Waals surface area contributed by atoms with Gasteiger partial charge in [0.25, 0.3) is 10.0 Å². The van der Waals surface area contributed by atoms with Gasteiger partial charge in [0.15, 0.2) is 11.5 Å². The zero-order valence-corrected chi connectivity index (χ0v) is 15.4. The molecule has 0 radical (unpaired) electrons. The van der Waals surface area contributed by atoms with Crippen LogP contribution in [0.4, 0.5) is 10.1 Å². The minimum Gasteiger partial charge on any atom is -0.486 e. The molecule has 2 aromatic carbocycles. The molecule has 0 N–H and O–H groups in total. The van der Waals surface area contributed by atoms with E-state index in [1.807, 2.05) is 0 Å². The van der Waals surface area contributed by atoms with E-state index in [9.17, 15) is 17.6 Å². The summed E-state index contributed by atoms with van der Waals surface area (Å²) in [6.07, 6.45) is 0. The Morgan fingerprint density at radius 1 is 1.15 bits per heavy atom. The zero-order valence-electron chi connectivity index (χ0n) is 14.6. The number of fused-ring (bicyclic) bond motifs is 1. The summed E-state index contributed by atoms with van der Waals surface area (Å²) in [5.74, 6) is -0.875. The van der Waals surface area contributed by atoms with Gasteiger partial charge in [0.05, 0.1) is 17.2 Å². The zero-order chi connectivity index (χ0) is 19.4. The van der Waals surface area contributed by atoms with Gasteiger partial charge in [-0.25, -0.2) is 12.8 Å². The molecule has 0 saturated heterocycles. The second kappa shape index (κ2) is 7.83. The first-order valence-corrected chi connectivity index (χ1v) is 9.70. The molecule has 3 rings (SSSR count). The molecular formula is C18H18FNO6S. The van der Waals surface area contributed by atoms with Crippen LogP contribution in [0.5, 0.6) is 11.5 Å². The molecule has 9 heteroatoms. The molecule has 1 aliphatic heterocycles. The number of sulfonamides is 1. The third kappa shape index (κ3) is 3.97. The topological polar surface area (TPSA) is 82.1 Å². The van der Waals surface area contributed by atoms with Gasteiger partial charge in [0.1, 0.15) is 25.6 Å². The lowest BCUT2D eigenvalue weighted by atomic mass is 10.3. The van der Waals surface area contributed by atoms with Gasteiger partial charge < -0.3 is 14.2 Å². The maximum Gasteiger partial charge on any atom is 0.326 e. The van der Waals surface area contributed by atoms with Crippen molar-refractivity contribution in [2.24, 2.45) is 0 Å². The van der Waals surface area contributed by atoms with Gasteiger partial charge in [-0.2, -0.15) is 0 Å². The molecule has 0 amide bonds. The van der Waals surface area contributed by atoms with Gasteiger partial charge in [-0.3, -0.25) is 9.10 Å². The molecule has 27 heavy (non-hydrogen) atoms. The number of hydrogen-bond acceptors (Lipinski definition) is 6. The Morgan fingerprint density at radius 3 is 2.56 bits per heavy atom. The first kappa shape index (κ1) is 19.0. The fourth-order valence-electron chi connectivity index (χ4n) is 2.59. The molecule has 144 valence electrons. The highest BCUT2D eigenvalue weighted by Gasteiger charge is 2.30. The number of esters is 1. The number of hydrogen-bond donors (Lipinski definition) is 0.